The SMILES string of the molecule is CC(O)C(NC(C)(C)COc1ccc(Cl)cc1)n1ccnc1. The minimum Gasteiger partial charge on any atom is -0.492 e. The van der Waals surface area contributed by atoms with Crippen molar-refractivity contribution in [1.29, 1.82) is 0 Å². The summed E-state index contributed by atoms with van der Waals surface area (Å²) in [5.41, 5.74) is -0.342. The molecule has 2 unspecified atom stereocenters. The third-order valence-corrected chi connectivity index (χ3v) is 3.51. The summed E-state index contributed by atoms with van der Waals surface area (Å²) in [4.78, 5) is 4.03. The summed E-state index contributed by atoms with van der Waals surface area (Å²) in [5, 5.41) is 14.1. The lowest BCUT2D eigenvalue weighted by Crippen LogP contribution is -2.50. The van der Waals surface area contributed by atoms with Crippen LogP contribution in [0.15, 0.2) is 43.0 Å². The van der Waals surface area contributed by atoms with Gasteiger partial charge in [-0.05, 0) is 45.0 Å². The zero-order chi connectivity index (χ0) is 16.2. The van der Waals surface area contributed by atoms with Gasteiger partial charge in [-0.15, -0.1) is 0 Å². The van der Waals surface area contributed by atoms with Crippen LogP contribution in [0.5, 0.6) is 5.75 Å². The number of aliphatic hydroxyl groups is 1. The number of aromatic nitrogens is 2. The molecule has 2 atom stereocenters. The van der Waals surface area contributed by atoms with Gasteiger partial charge in [0.15, 0.2) is 0 Å². The fourth-order valence-electron chi connectivity index (χ4n) is 2.11. The molecule has 0 aliphatic heterocycles. The number of ether oxygens (including phenoxy) is 1. The predicted molar refractivity (Wildman–Crippen MR) is 87.1 cm³/mol. The molecular formula is C16H22ClN3O2. The highest BCUT2D eigenvalue weighted by Crippen LogP contribution is 2.19. The molecule has 0 saturated heterocycles. The average Bonchev–Trinajstić information content (AvgIpc) is 2.98. The molecule has 0 amide bonds. The van der Waals surface area contributed by atoms with Crippen LogP contribution in [0, 0.1) is 0 Å². The van der Waals surface area contributed by atoms with E-state index >= 15 is 0 Å². The van der Waals surface area contributed by atoms with Crippen molar-refractivity contribution in [3.8, 4) is 5.75 Å². The van der Waals surface area contributed by atoms with Crippen LogP contribution in [0.4, 0.5) is 0 Å². The molecule has 0 aliphatic rings. The Bertz CT molecular complexity index is 568. The minimum atomic E-state index is -0.566. The zero-order valence-electron chi connectivity index (χ0n) is 13.0. The van der Waals surface area contributed by atoms with Gasteiger partial charge in [0, 0.05) is 23.0 Å². The van der Waals surface area contributed by atoms with Crippen LogP contribution < -0.4 is 10.1 Å². The molecule has 0 radical (unpaired) electrons. The van der Waals surface area contributed by atoms with Crippen LogP contribution in [0.1, 0.15) is 26.9 Å². The number of hydrogen-bond acceptors (Lipinski definition) is 4. The van der Waals surface area contributed by atoms with Crippen molar-refractivity contribution in [2.45, 2.75) is 38.6 Å². The topological polar surface area (TPSA) is 59.3 Å². The number of halogens is 1. The molecule has 120 valence electrons. The Morgan fingerprint density at radius 2 is 2.05 bits per heavy atom. The third kappa shape index (κ3) is 4.73. The van der Waals surface area contributed by atoms with Crippen molar-refractivity contribution >= 4 is 11.6 Å². The zero-order valence-corrected chi connectivity index (χ0v) is 13.8. The molecule has 0 saturated carbocycles. The van der Waals surface area contributed by atoms with Crippen molar-refractivity contribution in [1.82, 2.24) is 14.9 Å². The number of aliphatic hydroxyl groups excluding tert-OH is 1. The molecule has 2 rings (SSSR count). The lowest BCUT2D eigenvalue weighted by Gasteiger charge is -2.33. The summed E-state index contributed by atoms with van der Waals surface area (Å²) < 4.78 is 7.64. The molecule has 1 aromatic carbocycles. The van der Waals surface area contributed by atoms with E-state index in [0.717, 1.165) is 5.75 Å². The van der Waals surface area contributed by atoms with Crippen molar-refractivity contribution in [2.75, 3.05) is 6.61 Å². The lowest BCUT2D eigenvalue weighted by molar-refractivity contribution is 0.0754. The summed E-state index contributed by atoms with van der Waals surface area (Å²) in [7, 11) is 0. The Kier molecular flexibility index (Phi) is 5.45. The number of nitrogens with zero attached hydrogens (tertiary/aromatic N) is 2. The second kappa shape index (κ2) is 7.13. The molecule has 6 heteroatoms. The van der Waals surface area contributed by atoms with Gasteiger partial charge in [0.25, 0.3) is 0 Å². The van der Waals surface area contributed by atoms with Crippen LogP contribution in [-0.2, 0) is 0 Å². The van der Waals surface area contributed by atoms with Crippen LogP contribution in [-0.4, -0.2) is 32.9 Å². The van der Waals surface area contributed by atoms with Crippen molar-refractivity contribution in [2.24, 2.45) is 0 Å². The van der Waals surface area contributed by atoms with Gasteiger partial charge in [-0.25, -0.2) is 4.98 Å². The van der Waals surface area contributed by atoms with E-state index in [-0.39, 0.29) is 11.7 Å². The first-order valence-corrected chi connectivity index (χ1v) is 7.57. The number of benzene rings is 1. The summed E-state index contributed by atoms with van der Waals surface area (Å²) in [6.07, 6.45) is 4.35. The summed E-state index contributed by atoms with van der Waals surface area (Å²) >= 11 is 5.86. The van der Waals surface area contributed by atoms with E-state index in [1.807, 2.05) is 36.7 Å². The van der Waals surface area contributed by atoms with E-state index < -0.39 is 6.10 Å². The third-order valence-electron chi connectivity index (χ3n) is 3.25. The highest BCUT2D eigenvalue weighted by atomic mass is 35.5. The Morgan fingerprint density at radius 3 is 2.59 bits per heavy atom. The van der Waals surface area contributed by atoms with Gasteiger partial charge >= 0.3 is 0 Å². The number of nitrogens with one attached hydrogen (secondary N) is 1. The summed E-state index contributed by atoms with van der Waals surface area (Å²) in [5.74, 6) is 0.760. The van der Waals surface area contributed by atoms with Crippen molar-refractivity contribution in [3.05, 3.63) is 48.0 Å². The lowest BCUT2D eigenvalue weighted by atomic mass is 10.1. The molecule has 1 aromatic heterocycles. The van der Waals surface area contributed by atoms with Gasteiger partial charge in [0.1, 0.15) is 18.5 Å². The Morgan fingerprint density at radius 1 is 1.36 bits per heavy atom. The molecule has 22 heavy (non-hydrogen) atoms. The molecule has 0 fully saturated rings. The van der Waals surface area contributed by atoms with Gasteiger partial charge in [0.2, 0.25) is 0 Å². The summed E-state index contributed by atoms with van der Waals surface area (Å²) in [6.45, 7) is 6.24. The molecule has 0 aliphatic carbocycles. The van der Waals surface area contributed by atoms with Crippen LogP contribution in [0.3, 0.4) is 0 Å². The molecule has 2 N–H and O–H groups in total. The highest BCUT2D eigenvalue weighted by molar-refractivity contribution is 6.30. The molecule has 2 aromatic rings. The van der Waals surface area contributed by atoms with E-state index in [0.29, 0.717) is 11.6 Å². The second-order valence-corrected chi connectivity index (χ2v) is 6.40. The largest absolute Gasteiger partial charge is 0.492 e. The fourth-order valence-corrected chi connectivity index (χ4v) is 2.24. The van der Waals surface area contributed by atoms with Crippen LogP contribution in [0.2, 0.25) is 5.02 Å². The van der Waals surface area contributed by atoms with Crippen molar-refractivity contribution < 1.29 is 9.84 Å². The average molecular weight is 324 g/mol. The number of hydrogen-bond donors (Lipinski definition) is 2. The molecule has 0 bridgehead atoms. The first-order valence-electron chi connectivity index (χ1n) is 7.19. The smallest absolute Gasteiger partial charge is 0.119 e. The maximum Gasteiger partial charge on any atom is 0.119 e. The Hall–Kier alpha value is -1.56. The molecule has 1 heterocycles. The van der Waals surface area contributed by atoms with E-state index in [1.54, 1.807) is 31.6 Å². The highest BCUT2D eigenvalue weighted by Gasteiger charge is 2.26. The second-order valence-electron chi connectivity index (χ2n) is 5.97. The monoisotopic (exact) mass is 323 g/mol. The van der Waals surface area contributed by atoms with Gasteiger partial charge in [-0.3, -0.25) is 5.32 Å². The maximum absolute atomic E-state index is 10.00. The van der Waals surface area contributed by atoms with Crippen molar-refractivity contribution in [3.63, 3.8) is 0 Å². The predicted octanol–water partition coefficient (Wildman–Crippen LogP) is 2.86. The van der Waals surface area contributed by atoms with Gasteiger partial charge in [0.05, 0.1) is 12.4 Å². The molecule has 0 spiro atoms. The molecule has 5 nitrogen and oxygen atoms in total. The fraction of sp³-hybridized carbons (Fsp3) is 0.438. The van der Waals surface area contributed by atoms with E-state index in [1.165, 1.54) is 0 Å². The number of rotatable bonds is 7. The van der Waals surface area contributed by atoms with Crippen LogP contribution in [0.25, 0.3) is 0 Å². The molecular weight excluding hydrogens is 302 g/mol. The summed E-state index contributed by atoms with van der Waals surface area (Å²) in [6, 6.07) is 7.25. The van der Waals surface area contributed by atoms with Gasteiger partial charge < -0.3 is 14.4 Å². The maximum atomic E-state index is 10.00. The standard InChI is InChI=1S/C16H22ClN3O2/c1-12(21)15(20-9-8-18-11-20)19-16(2,3)10-22-14-6-4-13(17)5-7-14/h4-9,11-12,15,19,21H,10H2,1-3H3. The van der Waals surface area contributed by atoms with E-state index in [4.69, 9.17) is 16.3 Å². The quantitative estimate of drug-likeness (QED) is 0.822. The first-order chi connectivity index (χ1) is 10.4. The van der Waals surface area contributed by atoms with Gasteiger partial charge in [-0.2, -0.15) is 0 Å². The Balaban J connectivity index is 1.98. The Labute approximate surface area is 135 Å². The van der Waals surface area contributed by atoms with E-state index in [9.17, 15) is 5.11 Å². The minimum absolute atomic E-state index is 0.272. The van der Waals surface area contributed by atoms with Crippen LogP contribution >= 0.6 is 11.6 Å². The first kappa shape index (κ1) is 16.8. The van der Waals surface area contributed by atoms with Gasteiger partial charge in [-0.1, -0.05) is 11.6 Å². The normalized spacial score (nSPS) is 14.6. The van der Waals surface area contributed by atoms with E-state index in [2.05, 4.69) is 10.3 Å². The number of imidazole rings is 1.